The van der Waals surface area contributed by atoms with E-state index in [0.717, 1.165) is 0 Å². The summed E-state index contributed by atoms with van der Waals surface area (Å²) in [4.78, 5) is 22.5. The first-order chi connectivity index (χ1) is 9.05. The summed E-state index contributed by atoms with van der Waals surface area (Å²) in [5.41, 5.74) is -0.520. The van der Waals surface area contributed by atoms with E-state index in [2.05, 4.69) is 38.3 Å². The number of aliphatic carboxylic acids is 1. The topological polar surface area (TPSA) is 78.4 Å². The standard InChI is InChI=1S/C15H30N2O3/c1-10(2)12(11(3)4)9-16-14(20)17-15(5,6)8-7-13(18)19/h10-12H,7-9H2,1-6H3,(H,18,19)(H2,16,17,20). The Morgan fingerprint density at radius 2 is 1.60 bits per heavy atom. The maximum atomic E-state index is 11.9. The number of hydrogen-bond acceptors (Lipinski definition) is 2. The minimum atomic E-state index is -0.847. The minimum absolute atomic E-state index is 0.0495. The molecule has 0 saturated heterocycles. The van der Waals surface area contributed by atoms with Crippen LogP contribution in [-0.4, -0.2) is 29.2 Å². The van der Waals surface area contributed by atoms with E-state index in [9.17, 15) is 9.59 Å². The predicted molar refractivity (Wildman–Crippen MR) is 80.6 cm³/mol. The summed E-state index contributed by atoms with van der Waals surface area (Å²) in [5.74, 6) is 0.605. The van der Waals surface area contributed by atoms with Gasteiger partial charge in [-0.15, -0.1) is 0 Å². The molecule has 0 unspecified atom stereocenters. The molecular weight excluding hydrogens is 256 g/mol. The Bertz CT molecular complexity index is 317. The molecule has 0 saturated carbocycles. The zero-order chi connectivity index (χ0) is 15.9. The van der Waals surface area contributed by atoms with Crippen LogP contribution >= 0.6 is 0 Å². The molecule has 0 radical (unpaired) electrons. The zero-order valence-corrected chi connectivity index (χ0v) is 13.6. The van der Waals surface area contributed by atoms with Crippen LogP contribution in [0.5, 0.6) is 0 Å². The zero-order valence-electron chi connectivity index (χ0n) is 13.6. The van der Waals surface area contributed by atoms with Crippen molar-refractivity contribution < 1.29 is 14.7 Å². The maximum Gasteiger partial charge on any atom is 0.315 e. The normalized spacial score (nSPS) is 12.1. The summed E-state index contributed by atoms with van der Waals surface area (Å²) in [6.45, 7) is 12.9. The fraction of sp³-hybridized carbons (Fsp3) is 0.867. The predicted octanol–water partition coefficient (Wildman–Crippen LogP) is 2.86. The van der Waals surface area contributed by atoms with Crippen LogP contribution < -0.4 is 10.6 Å². The highest BCUT2D eigenvalue weighted by Crippen LogP contribution is 2.19. The molecule has 0 fully saturated rings. The third-order valence-electron chi connectivity index (χ3n) is 3.63. The fourth-order valence-electron chi connectivity index (χ4n) is 2.29. The van der Waals surface area contributed by atoms with Crippen LogP contribution in [0.2, 0.25) is 0 Å². The number of rotatable bonds is 8. The number of carbonyl (C=O) groups is 2. The highest BCUT2D eigenvalue weighted by molar-refractivity contribution is 5.74. The summed E-state index contributed by atoms with van der Waals surface area (Å²) in [6, 6.07) is -0.230. The van der Waals surface area contributed by atoms with Crippen molar-refractivity contribution in [2.45, 2.75) is 59.9 Å². The number of carboxylic acid groups (broad SMARTS) is 1. The molecule has 5 nitrogen and oxygen atoms in total. The van der Waals surface area contributed by atoms with Gasteiger partial charge >= 0.3 is 12.0 Å². The van der Waals surface area contributed by atoms with Crippen molar-refractivity contribution in [2.24, 2.45) is 17.8 Å². The van der Waals surface area contributed by atoms with Gasteiger partial charge in [-0.2, -0.15) is 0 Å². The highest BCUT2D eigenvalue weighted by atomic mass is 16.4. The smallest absolute Gasteiger partial charge is 0.315 e. The van der Waals surface area contributed by atoms with Gasteiger partial charge in [0, 0.05) is 18.5 Å². The summed E-state index contributed by atoms with van der Waals surface area (Å²) in [6.07, 6.45) is 0.460. The highest BCUT2D eigenvalue weighted by Gasteiger charge is 2.23. The number of urea groups is 1. The third-order valence-corrected chi connectivity index (χ3v) is 3.63. The lowest BCUT2D eigenvalue weighted by Crippen LogP contribution is -2.50. The van der Waals surface area contributed by atoms with E-state index in [1.54, 1.807) is 0 Å². The van der Waals surface area contributed by atoms with Crippen LogP contribution in [-0.2, 0) is 4.79 Å². The van der Waals surface area contributed by atoms with Crippen molar-refractivity contribution in [3.05, 3.63) is 0 Å². The summed E-state index contributed by atoms with van der Waals surface area (Å²) < 4.78 is 0. The summed E-state index contributed by atoms with van der Waals surface area (Å²) in [7, 11) is 0. The summed E-state index contributed by atoms with van der Waals surface area (Å²) in [5, 5.41) is 14.4. The van der Waals surface area contributed by atoms with Crippen LogP contribution in [0.4, 0.5) is 4.79 Å². The molecule has 20 heavy (non-hydrogen) atoms. The first-order valence-corrected chi connectivity index (χ1v) is 7.33. The Balaban J connectivity index is 4.24. The van der Waals surface area contributed by atoms with Gasteiger partial charge in [-0.25, -0.2) is 4.79 Å². The Labute approximate surface area is 122 Å². The first kappa shape index (κ1) is 18.7. The quantitative estimate of drug-likeness (QED) is 0.642. The number of hydrogen-bond donors (Lipinski definition) is 3. The fourth-order valence-corrected chi connectivity index (χ4v) is 2.29. The van der Waals surface area contributed by atoms with E-state index in [1.807, 2.05) is 13.8 Å². The molecule has 0 aromatic rings. The molecule has 0 aliphatic carbocycles. The molecule has 3 N–H and O–H groups in total. The van der Waals surface area contributed by atoms with Crippen molar-refractivity contribution in [2.75, 3.05) is 6.54 Å². The lowest BCUT2D eigenvalue weighted by atomic mass is 9.85. The van der Waals surface area contributed by atoms with Gasteiger partial charge in [-0.1, -0.05) is 27.7 Å². The van der Waals surface area contributed by atoms with Gasteiger partial charge < -0.3 is 15.7 Å². The molecule has 0 aromatic heterocycles. The van der Waals surface area contributed by atoms with Crippen molar-refractivity contribution in [1.29, 1.82) is 0 Å². The van der Waals surface area contributed by atoms with E-state index in [0.29, 0.717) is 30.7 Å². The van der Waals surface area contributed by atoms with Gasteiger partial charge in [0.15, 0.2) is 0 Å². The Morgan fingerprint density at radius 3 is 2.00 bits per heavy atom. The second kappa shape index (κ2) is 8.12. The molecule has 0 aliphatic rings. The van der Waals surface area contributed by atoms with E-state index >= 15 is 0 Å². The van der Waals surface area contributed by atoms with Crippen LogP contribution in [0.3, 0.4) is 0 Å². The van der Waals surface area contributed by atoms with Crippen molar-refractivity contribution in [3.63, 3.8) is 0 Å². The molecule has 0 bridgehead atoms. The van der Waals surface area contributed by atoms with Crippen molar-refractivity contribution in [1.82, 2.24) is 10.6 Å². The van der Waals surface area contributed by atoms with E-state index in [1.165, 1.54) is 0 Å². The van der Waals surface area contributed by atoms with Crippen molar-refractivity contribution in [3.8, 4) is 0 Å². The molecule has 0 aromatic carbocycles. The first-order valence-electron chi connectivity index (χ1n) is 7.33. The second-order valence-corrected chi connectivity index (χ2v) is 6.76. The largest absolute Gasteiger partial charge is 0.481 e. The molecule has 2 amide bonds. The minimum Gasteiger partial charge on any atom is -0.481 e. The Morgan fingerprint density at radius 1 is 1.10 bits per heavy atom. The van der Waals surface area contributed by atoms with Gasteiger partial charge in [0.2, 0.25) is 0 Å². The van der Waals surface area contributed by atoms with E-state index in [4.69, 9.17) is 5.11 Å². The van der Waals surface area contributed by atoms with Crippen LogP contribution in [0, 0.1) is 17.8 Å². The SMILES string of the molecule is CC(C)C(CNC(=O)NC(C)(C)CCC(=O)O)C(C)C. The number of carboxylic acids is 1. The molecule has 0 atom stereocenters. The monoisotopic (exact) mass is 286 g/mol. The molecule has 118 valence electrons. The molecule has 5 heteroatoms. The summed E-state index contributed by atoms with van der Waals surface area (Å²) >= 11 is 0. The molecule has 0 spiro atoms. The molecule has 0 heterocycles. The average molecular weight is 286 g/mol. The molecule has 0 aliphatic heterocycles. The van der Waals surface area contributed by atoms with Gasteiger partial charge in [0.1, 0.15) is 0 Å². The number of amides is 2. The van der Waals surface area contributed by atoms with Crippen molar-refractivity contribution >= 4 is 12.0 Å². The van der Waals surface area contributed by atoms with Gasteiger partial charge in [0.05, 0.1) is 0 Å². The lowest BCUT2D eigenvalue weighted by molar-refractivity contribution is -0.137. The van der Waals surface area contributed by atoms with Gasteiger partial charge in [-0.3, -0.25) is 4.79 Å². The van der Waals surface area contributed by atoms with E-state index < -0.39 is 11.5 Å². The van der Waals surface area contributed by atoms with E-state index in [-0.39, 0.29) is 12.5 Å². The third kappa shape index (κ3) is 8.02. The van der Waals surface area contributed by atoms with Gasteiger partial charge in [0.25, 0.3) is 0 Å². The number of carbonyl (C=O) groups excluding carboxylic acids is 1. The molecular formula is C15H30N2O3. The molecule has 0 rings (SSSR count). The second-order valence-electron chi connectivity index (χ2n) is 6.76. The number of nitrogens with one attached hydrogen (secondary N) is 2. The van der Waals surface area contributed by atoms with Crippen LogP contribution in [0.25, 0.3) is 0 Å². The Kier molecular flexibility index (Phi) is 7.61. The average Bonchev–Trinajstić information content (AvgIpc) is 2.25. The lowest BCUT2D eigenvalue weighted by Gasteiger charge is -2.28. The maximum absolute atomic E-state index is 11.9. The van der Waals surface area contributed by atoms with Crippen LogP contribution in [0.15, 0.2) is 0 Å². The van der Waals surface area contributed by atoms with Gasteiger partial charge in [-0.05, 0) is 38.0 Å². The van der Waals surface area contributed by atoms with Crippen LogP contribution in [0.1, 0.15) is 54.4 Å². The Hall–Kier alpha value is -1.26.